The summed E-state index contributed by atoms with van der Waals surface area (Å²) in [6.45, 7) is 8.16. The molecule has 8 heteroatoms. The Morgan fingerprint density at radius 3 is 2.61 bits per heavy atom. The van der Waals surface area contributed by atoms with Gasteiger partial charge in [-0.3, -0.25) is 10.1 Å². The van der Waals surface area contributed by atoms with Gasteiger partial charge in [-0.25, -0.2) is 0 Å². The molecule has 0 spiro atoms. The van der Waals surface area contributed by atoms with Gasteiger partial charge in [0.15, 0.2) is 6.79 Å². The Kier molecular flexibility index (Phi) is 8.29. The summed E-state index contributed by atoms with van der Waals surface area (Å²) in [7, 11) is -1.14. The number of hydrogen-bond donors (Lipinski definition) is 1. The molecular weight excluding hydrogens is 396 g/mol. The third-order valence-electron chi connectivity index (χ3n) is 4.14. The lowest BCUT2D eigenvalue weighted by Crippen LogP contribution is -2.22. The normalized spacial score (nSPS) is 11.3. The largest absolute Gasteiger partial charge is 0.467 e. The van der Waals surface area contributed by atoms with E-state index in [9.17, 15) is 10.1 Å². The number of ether oxygens (including phenoxy) is 2. The van der Waals surface area contributed by atoms with Crippen molar-refractivity contribution in [2.75, 3.05) is 25.3 Å². The predicted octanol–water partition coefficient (Wildman–Crippen LogP) is 5.59. The second-order valence-electron chi connectivity index (χ2n) is 7.69. The van der Waals surface area contributed by atoms with Crippen LogP contribution in [0, 0.1) is 10.1 Å². The van der Waals surface area contributed by atoms with Crippen LogP contribution in [0.2, 0.25) is 30.7 Å². The standard InChI is InChI=1S/C20H27ClN2O4Si/c1-28(2,3)13-12-26-15-27-17-8-9-20(23(24)25)19(14-17)22-11-10-16-6-4-5-7-18(16)21/h4-9,14,22H,10-13,15H2,1-3H3. The number of halogens is 1. The monoisotopic (exact) mass is 422 g/mol. The minimum atomic E-state index is -1.14. The smallest absolute Gasteiger partial charge is 0.292 e. The molecule has 0 aliphatic rings. The fourth-order valence-corrected chi connectivity index (χ4v) is 3.47. The van der Waals surface area contributed by atoms with E-state index in [-0.39, 0.29) is 12.5 Å². The molecule has 2 aromatic carbocycles. The van der Waals surface area contributed by atoms with Crippen molar-refractivity contribution in [1.29, 1.82) is 0 Å². The summed E-state index contributed by atoms with van der Waals surface area (Å²) in [5.74, 6) is 0.527. The van der Waals surface area contributed by atoms with Crippen LogP contribution in [0.1, 0.15) is 5.56 Å². The van der Waals surface area contributed by atoms with Crippen molar-refractivity contribution in [3.05, 3.63) is 63.2 Å². The Balaban J connectivity index is 1.93. The molecule has 1 N–H and O–H groups in total. The predicted molar refractivity (Wildman–Crippen MR) is 116 cm³/mol. The van der Waals surface area contributed by atoms with Crippen molar-refractivity contribution in [3.8, 4) is 5.75 Å². The number of anilines is 1. The van der Waals surface area contributed by atoms with Crippen LogP contribution < -0.4 is 10.1 Å². The molecule has 6 nitrogen and oxygen atoms in total. The molecule has 0 fully saturated rings. The van der Waals surface area contributed by atoms with E-state index in [2.05, 4.69) is 25.0 Å². The summed E-state index contributed by atoms with van der Waals surface area (Å²) >= 11 is 6.16. The fraction of sp³-hybridized carbons (Fsp3) is 0.400. The lowest BCUT2D eigenvalue weighted by molar-refractivity contribution is -0.384. The van der Waals surface area contributed by atoms with Gasteiger partial charge < -0.3 is 14.8 Å². The third kappa shape index (κ3) is 7.50. The Morgan fingerprint density at radius 1 is 1.18 bits per heavy atom. The molecule has 28 heavy (non-hydrogen) atoms. The Hall–Kier alpha value is -2.09. The van der Waals surface area contributed by atoms with Gasteiger partial charge in [0.05, 0.1) is 4.92 Å². The van der Waals surface area contributed by atoms with E-state index in [4.69, 9.17) is 21.1 Å². The Labute approximate surface area is 172 Å². The van der Waals surface area contributed by atoms with Crippen LogP contribution in [-0.2, 0) is 11.2 Å². The van der Waals surface area contributed by atoms with Gasteiger partial charge in [0, 0.05) is 38.4 Å². The van der Waals surface area contributed by atoms with Gasteiger partial charge in [-0.05, 0) is 30.2 Å². The number of hydrogen-bond acceptors (Lipinski definition) is 5. The van der Waals surface area contributed by atoms with E-state index < -0.39 is 13.0 Å². The average Bonchev–Trinajstić information content (AvgIpc) is 2.62. The number of rotatable bonds is 11. The van der Waals surface area contributed by atoms with Crippen LogP contribution >= 0.6 is 11.6 Å². The number of nitro benzene ring substituents is 1. The highest BCUT2D eigenvalue weighted by atomic mass is 35.5. The fourth-order valence-electron chi connectivity index (χ4n) is 2.49. The van der Waals surface area contributed by atoms with Gasteiger partial charge in [-0.15, -0.1) is 0 Å². The number of nitrogens with zero attached hydrogens (tertiary/aromatic N) is 1. The summed E-state index contributed by atoms with van der Waals surface area (Å²) in [5, 5.41) is 15.1. The Bertz CT molecular complexity index is 796. The van der Waals surface area contributed by atoms with Crippen LogP contribution in [0.15, 0.2) is 42.5 Å². The number of nitrogens with one attached hydrogen (secondary N) is 1. The van der Waals surface area contributed by atoms with Crippen LogP contribution in [0.25, 0.3) is 0 Å². The molecule has 0 saturated heterocycles. The molecule has 0 aliphatic heterocycles. The van der Waals surface area contributed by atoms with E-state index in [1.807, 2.05) is 24.3 Å². The number of nitro groups is 1. The minimum absolute atomic E-state index is 0.00570. The van der Waals surface area contributed by atoms with Gasteiger partial charge in [0.2, 0.25) is 0 Å². The quantitative estimate of drug-likeness (QED) is 0.168. The SMILES string of the molecule is C[Si](C)(C)CCOCOc1ccc([N+](=O)[O-])c(NCCc2ccccc2Cl)c1. The maximum absolute atomic E-state index is 11.3. The first-order chi connectivity index (χ1) is 13.3. The van der Waals surface area contributed by atoms with Crippen molar-refractivity contribution >= 4 is 31.0 Å². The van der Waals surface area contributed by atoms with Gasteiger partial charge in [-0.1, -0.05) is 49.4 Å². The molecule has 2 aromatic rings. The third-order valence-corrected chi connectivity index (χ3v) is 6.21. The van der Waals surface area contributed by atoms with Crippen LogP contribution in [0.4, 0.5) is 11.4 Å². The molecule has 2 rings (SSSR count). The lowest BCUT2D eigenvalue weighted by Gasteiger charge is -2.15. The molecule has 0 saturated carbocycles. The first kappa shape index (κ1) is 22.2. The first-order valence-corrected chi connectivity index (χ1v) is 13.3. The second kappa shape index (κ2) is 10.5. The summed E-state index contributed by atoms with van der Waals surface area (Å²) < 4.78 is 11.1. The Morgan fingerprint density at radius 2 is 1.93 bits per heavy atom. The van der Waals surface area contributed by atoms with Gasteiger partial charge in [0.25, 0.3) is 5.69 Å². The van der Waals surface area contributed by atoms with E-state index in [0.717, 1.165) is 11.6 Å². The van der Waals surface area contributed by atoms with E-state index >= 15 is 0 Å². The average molecular weight is 423 g/mol. The summed E-state index contributed by atoms with van der Waals surface area (Å²) in [4.78, 5) is 10.9. The number of benzene rings is 2. The molecule has 0 unspecified atom stereocenters. The zero-order valence-electron chi connectivity index (χ0n) is 16.5. The summed E-state index contributed by atoms with van der Waals surface area (Å²) in [5.41, 5.74) is 1.41. The summed E-state index contributed by atoms with van der Waals surface area (Å²) in [6.07, 6.45) is 0.654. The molecule has 0 aliphatic carbocycles. The minimum Gasteiger partial charge on any atom is -0.467 e. The molecule has 152 valence electrons. The van der Waals surface area contributed by atoms with Gasteiger partial charge >= 0.3 is 0 Å². The van der Waals surface area contributed by atoms with Crippen molar-refractivity contribution in [3.63, 3.8) is 0 Å². The zero-order valence-corrected chi connectivity index (χ0v) is 18.3. The van der Waals surface area contributed by atoms with E-state index in [1.165, 1.54) is 6.07 Å². The molecule has 0 radical (unpaired) electrons. The van der Waals surface area contributed by atoms with E-state index in [1.54, 1.807) is 12.1 Å². The van der Waals surface area contributed by atoms with Crippen molar-refractivity contribution < 1.29 is 14.4 Å². The molecule has 0 bridgehead atoms. The second-order valence-corrected chi connectivity index (χ2v) is 13.7. The molecule has 0 heterocycles. The lowest BCUT2D eigenvalue weighted by atomic mass is 10.1. The molecule has 0 amide bonds. The summed E-state index contributed by atoms with van der Waals surface area (Å²) in [6, 6.07) is 13.3. The van der Waals surface area contributed by atoms with Gasteiger partial charge in [-0.2, -0.15) is 0 Å². The first-order valence-electron chi connectivity index (χ1n) is 9.22. The van der Waals surface area contributed by atoms with Crippen molar-refractivity contribution in [2.24, 2.45) is 0 Å². The molecular formula is C20H27ClN2O4Si. The van der Waals surface area contributed by atoms with Crippen LogP contribution in [0.5, 0.6) is 5.75 Å². The van der Waals surface area contributed by atoms with Crippen LogP contribution in [0.3, 0.4) is 0 Å². The maximum atomic E-state index is 11.3. The van der Waals surface area contributed by atoms with Crippen molar-refractivity contribution in [2.45, 2.75) is 32.1 Å². The highest BCUT2D eigenvalue weighted by Gasteiger charge is 2.15. The van der Waals surface area contributed by atoms with E-state index in [0.29, 0.717) is 36.0 Å². The highest BCUT2D eigenvalue weighted by molar-refractivity contribution is 6.76. The topological polar surface area (TPSA) is 73.6 Å². The molecule has 0 aromatic heterocycles. The zero-order chi connectivity index (χ0) is 20.6. The maximum Gasteiger partial charge on any atom is 0.292 e. The highest BCUT2D eigenvalue weighted by Crippen LogP contribution is 2.29. The van der Waals surface area contributed by atoms with Crippen molar-refractivity contribution in [1.82, 2.24) is 0 Å². The van der Waals surface area contributed by atoms with Crippen LogP contribution in [-0.4, -0.2) is 32.9 Å². The molecule has 0 atom stereocenters. The van der Waals surface area contributed by atoms with Gasteiger partial charge in [0.1, 0.15) is 11.4 Å².